The van der Waals surface area contributed by atoms with Crippen molar-refractivity contribution in [1.82, 2.24) is 40.5 Å². The summed E-state index contributed by atoms with van der Waals surface area (Å²) in [5.41, 5.74) is 3.57. The van der Waals surface area contributed by atoms with Crippen LogP contribution in [0, 0.1) is 0 Å². The van der Waals surface area contributed by atoms with E-state index in [0.29, 0.717) is 23.9 Å². The van der Waals surface area contributed by atoms with Crippen LogP contribution in [0.25, 0.3) is 11.0 Å². The molecule has 0 aliphatic heterocycles. The minimum absolute atomic E-state index is 0.240. The van der Waals surface area contributed by atoms with E-state index >= 15 is 0 Å². The number of H-pyrrole nitrogens is 1. The second kappa shape index (κ2) is 9.53. The quantitative estimate of drug-likeness (QED) is 0.301. The third-order valence-electron chi connectivity index (χ3n) is 6.17. The van der Waals surface area contributed by atoms with Gasteiger partial charge in [0.25, 0.3) is 5.91 Å². The molecular weight excluding hydrogens is 444 g/mol. The summed E-state index contributed by atoms with van der Waals surface area (Å²) in [6, 6.07) is 9.69. The maximum atomic E-state index is 12.5. The average molecular weight is 475 g/mol. The van der Waals surface area contributed by atoms with Gasteiger partial charge in [0.05, 0.1) is 29.8 Å². The Morgan fingerprint density at radius 1 is 1.17 bits per heavy atom. The maximum Gasteiger partial charge on any atom is 0.273 e. The Morgan fingerprint density at radius 3 is 2.83 bits per heavy atom. The summed E-state index contributed by atoms with van der Waals surface area (Å²) in [5, 5.41) is 30.8. The normalized spacial score (nSPS) is 13.9. The Labute approximate surface area is 203 Å². The Kier molecular flexibility index (Phi) is 6.29. The third kappa shape index (κ3) is 5.71. The molecule has 10 heteroatoms. The van der Waals surface area contributed by atoms with Crippen LogP contribution in [0.5, 0.6) is 0 Å². The van der Waals surface area contributed by atoms with Crippen molar-refractivity contribution in [3.05, 3.63) is 65.0 Å². The summed E-state index contributed by atoms with van der Waals surface area (Å²) in [6.45, 7) is 4.26. The highest BCUT2D eigenvalue weighted by Crippen LogP contribution is 2.40. The van der Waals surface area contributed by atoms with E-state index in [1.54, 1.807) is 36.9 Å². The predicted molar refractivity (Wildman–Crippen MR) is 129 cm³/mol. The Hall–Kier alpha value is -3.66. The number of carbonyl (C=O) groups excluding carboxylic acids is 1. The van der Waals surface area contributed by atoms with Gasteiger partial charge in [0, 0.05) is 17.6 Å². The largest absolute Gasteiger partial charge is 0.384 e. The number of nitrogens with one attached hydrogen (secondary N) is 2. The van der Waals surface area contributed by atoms with Crippen LogP contribution in [-0.2, 0) is 25.1 Å². The van der Waals surface area contributed by atoms with E-state index in [2.05, 4.69) is 47.9 Å². The number of aromatic nitrogens is 7. The van der Waals surface area contributed by atoms with Crippen LogP contribution in [0.1, 0.15) is 78.7 Å². The lowest BCUT2D eigenvalue weighted by Gasteiger charge is -2.17. The molecule has 0 unspecified atom stereocenters. The number of unbranched alkanes of at least 4 members (excludes halogenated alkanes) is 1. The molecule has 4 heterocycles. The lowest BCUT2D eigenvalue weighted by Crippen LogP contribution is -2.25. The van der Waals surface area contributed by atoms with Crippen molar-refractivity contribution < 1.29 is 9.90 Å². The molecule has 5 rings (SSSR count). The van der Waals surface area contributed by atoms with Crippen LogP contribution in [0.2, 0.25) is 0 Å². The molecule has 0 bridgehead atoms. The van der Waals surface area contributed by atoms with Gasteiger partial charge in [0.15, 0.2) is 11.3 Å². The number of nitrogens with zero attached hydrogens (tertiary/aromatic N) is 6. The first-order valence-electron chi connectivity index (χ1n) is 12.1. The lowest BCUT2D eigenvalue weighted by molar-refractivity contribution is 0.0736. The summed E-state index contributed by atoms with van der Waals surface area (Å²) in [4.78, 5) is 20.2. The van der Waals surface area contributed by atoms with Crippen LogP contribution < -0.4 is 5.32 Å². The molecule has 0 radical (unpaired) electrons. The van der Waals surface area contributed by atoms with Crippen LogP contribution in [0.15, 0.2) is 36.5 Å². The number of fused-ring (bicyclic) bond motifs is 1. The van der Waals surface area contributed by atoms with Crippen LogP contribution in [0.3, 0.4) is 0 Å². The van der Waals surface area contributed by atoms with Gasteiger partial charge in [-0.1, -0.05) is 11.3 Å². The molecule has 0 spiro atoms. The smallest absolute Gasteiger partial charge is 0.273 e. The van der Waals surface area contributed by atoms with Gasteiger partial charge in [0.2, 0.25) is 0 Å². The average Bonchev–Trinajstić information content (AvgIpc) is 3.43. The van der Waals surface area contributed by atoms with Gasteiger partial charge in [-0.25, -0.2) is 0 Å². The highest BCUT2D eigenvalue weighted by atomic mass is 16.3. The van der Waals surface area contributed by atoms with Gasteiger partial charge in [0.1, 0.15) is 5.60 Å². The Bertz CT molecular complexity index is 1330. The van der Waals surface area contributed by atoms with Crippen molar-refractivity contribution in [3.63, 3.8) is 0 Å². The summed E-state index contributed by atoms with van der Waals surface area (Å²) >= 11 is 0. The number of aromatic amines is 1. The fourth-order valence-electron chi connectivity index (χ4n) is 4.00. The highest BCUT2D eigenvalue weighted by Gasteiger charge is 2.25. The third-order valence-corrected chi connectivity index (χ3v) is 6.17. The SMILES string of the molecule is CC(C)(O)c1cccc(CNC(=O)c2cn(CCCCc3cc4cc(C5CC5)[nH]c4nn3)nn2)n1. The molecule has 1 fully saturated rings. The standard InChI is InChI=1S/C25H30N8O2/c1-25(2,35)22-8-5-7-19(27-22)14-26-24(34)21-15-33(32-30-21)11-4-3-6-18-12-17-13-20(16-9-10-16)28-23(17)31-29-18/h5,7-8,12-13,15-16,35H,3-4,6,9-11,14H2,1-2H3,(H,26,34)(H,28,31). The molecule has 1 saturated carbocycles. The Morgan fingerprint density at radius 2 is 2.03 bits per heavy atom. The summed E-state index contributed by atoms with van der Waals surface area (Å²) in [7, 11) is 0. The van der Waals surface area contributed by atoms with Crippen LogP contribution >= 0.6 is 0 Å². The van der Waals surface area contributed by atoms with E-state index in [-0.39, 0.29) is 18.1 Å². The number of aliphatic hydroxyl groups is 1. The summed E-state index contributed by atoms with van der Waals surface area (Å²) < 4.78 is 1.69. The first kappa shape index (κ1) is 23.1. The molecule has 1 aliphatic carbocycles. The van der Waals surface area contributed by atoms with E-state index < -0.39 is 5.60 Å². The molecule has 182 valence electrons. The van der Waals surface area contributed by atoms with Gasteiger partial charge in [-0.3, -0.25) is 14.5 Å². The number of hydrogen-bond donors (Lipinski definition) is 3. The zero-order valence-electron chi connectivity index (χ0n) is 20.0. The Balaban J connectivity index is 1.08. The summed E-state index contributed by atoms with van der Waals surface area (Å²) in [5.74, 6) is 0.358. The second-order valence-corrected chi connectivity index (χ2v) is 9.72. The number of rotatable bonds is 10. The van der Waals surface area contributed by atoms with Crippen LogP contribution in [0.4, 0.5) is 0 Å². The fraction of sp³-hybridized carbons (Fsp3) is 0.440. The van der Waals surface area contributed by atoms with E-state index in [1.165, 1.54) is 18.5 Å². The number of amides is 1. The molecule has 35 heavy (non-hydrogen) atoms. The van der Waals surface area contributed by atoms with E-state index in [1.807, 2.05) is 6.07 Å². The maximum absolute atomic E-state index is 12.5. The first-order valence-corrected chi connectivity index (χ1v) is 12.1. The van der Waals surface area contributed by atoms with Crippen molar-refractivity contribution in [2.45, 2.75) is 70.6 Å². The molecule has 4 aromatic heterocycles. The highest BCUT2D eigenvalue weighted by molar-refractivity contribution is 5.91. The van der Waals surface area contributed by atoms with Crippen molar-refractivity contribution in [1.29, 1.82) is 0 Å². The number of pyridine rings is 1. The lowest BCUT2D eigenvalue weighted by atomic mass is 10.0. The van der Waals surface area contributed by atoms with E-state index in [9.17, 15) is 9.90 Å². The van der Waals surface area contributed by atoms with Crippen molar-refractivity contribution in [2.24, 2.45) is 0 Å². The molecule has 0 saturated heterocycles. The predicted octanol–water partition coefficient (Wildman–Crippen LogP) is 3.00. The van der Waals surface area contributed by atoms with Crippen molar-refractivity contribution in [2.75, 3.05) is 0 Å². The topological polar surface area (TPSA) is 134 Å². The van der Waals surface area contributed by atoms with Gasteiger partial charge in [-0.2, -0.15) is 5.10 Å². The zero-order chi connectivity index (χ0) is 24.4. The van der Waals surface area contributed by atoms with Gasteiger partial charge in [-0.05, 0) is 76.1 Å². The molecule has 0 aromatic carbocycles. The summed E-state index contributed by atoms with van der Waals surface area (Å²) in [6.07, 6.45) is 6.83. The van der Waals surface area contributed by atoms with Gasteiger partial charge >= 0.3 is 0 Å². The molecule has 3 N–H and O–H groups in total. The number of aryl methyl sites for hydroxylation is 2. The fourth-order valence-corrected chi connectivity index (χ4v) is 4.00. The first-order chi connectivity index (χ1) is 16.8. The van der Waals surface area contributed by atoms with E-state index in [0.717, 1.165) is 36.0 Å². The van der Waals surface area contributed by atoms with Gasteiger partial charge in [-0.15, -0.1) is 10.2 Å². The van der Waals surface area contributed by atoms with Crippen molar-refractivity contribution in [3.8, 4) is 0 Å². The number of carbonyl (C=O) groups is 1. The van der Waals surface area contributed by atoms with E-state index in [4.69, 9.17) is 0 Å². The molecule has 10 nitrogen and oxygen atoms in total. The minimum Gasteiger partial charge on any atom is -0.384 e. The second-order valence-electron chi connectivity index (χ2n) is 9.72. The minimum atomic E-state index is -1.04. The molecular formula is C25H30N8O2. The van der Waals surface area contributed by atoms with Crippen molar-refractivity contribution >= 4 is 16.9 Å². The molecule has 0 atom stereocenters. The molecule has 4 aromatic rings. The van der Waals surface area contributed by atoms with Crippen LogP contribution in [-0.4, -0.2) is 46.2 Å². The zero-order valence-corrected chi connectivity index (χ0v) is 20.0. The molecule has 1 aliphatic rings. The molecule has 1 amide bonds. The number of hydrogen-bond acceptors (Lipinski definition) is 7. The van der Waals surface area contributed by atoms with Gasteiger partial charge < -0.3 is 15.4 Å². The monoisotopic (exact) mass is 474 g/mol.